The predicted molar refractivity (Wildman–Crippen MR) is 87.4 cm³/mol. The average Bonchev–Trinajstić information content (AvgIpc) is 2.96. The van der Waals surface area contributed by atoms with Crippen LogP contribution in [0.1, 0.15) is 6.42 Å². The Labute approximate surface area is 131 Å². The van der Waals surface area contributed by atoms with Crippen LogP contribution in [0, 0.1) is 0 Å². The molecule has 1 heterocycles. The first kappa shape index (κ1) is 16.2. The summed E-state index contributed by atoms with van der Waals surface area (Å²) in [6.45, 7) is 1.12. The number of sulfonamides is 1. The van der Waals surface area contributed by atoms with Gasteiger partial charge in [0.15, 0.2) is 0 Å². The summed E-state index contributed by atoms with van der Waals surface area (Å²) in [5.41, 5.74) is 0. The molecule has 2 aromatic carbocycles. The van der Waals surface area contributed by atoms with Crippen molar-refractivity contribution < 1.29 is 8.42 Å². The van der Waals surface area contributed by atoms with Crippen LogP contribution < -0.4 is 5.32 Å². The molecule has 1 unspecified atom stereocenters. The molecule has 0 spiro atoms. The number of nitrogens with one attached hydrogen (secondary N) is 1. The van der Waals surface area contributed by atoms with Crippen LogP contribution >= 0.6 is 12.4 Å². The van der Waals surface area contributed by atoms with Gasteiger partial charge in [-0.25, -0.2) is 8.42 Å². The van der Waals surface area contributed by atoms with E-state index in [4.69, 9.17) is 0 Å². The maximum Gasteiger partial charge on any atom is 0.243 e. The molecule has 1 fully saturated rings. The van der Waals surface area contributed by atoms with Gasteiger partial charge in [0.1, 0.15) is 0 Å². The van der Waals surface area contributed by atoms with Crippen LogP contribution in [0.3, 0.4) is 0 Å². The second kappa shape index (κ2) is 6.32. The van der Waals surface area contributed by atoms with Crippen LogP contribution in [-0.2, 0) is 10.0 Å². The van der Waals surface area contributed by atoms with Gasteiger partial charge in [0.25, 0.3) is 0 Å². The third kappa shape index (κ3) is 2.92. The maximum absolute atomic E-state index is 12.8. The second-order valence-corrected chi connectivity index (χ2v) is 7.02. The van der Waals surface area contributed by atoms with Gasteiger partial charge in [-0.15, -0.1) is 12.4 Å². The van der Waals surface area contributed by atoms with Crippen LogP contribution in [0.4, 0.5) is 0 Å². The topological polar surface area (TPSA) is 49.4 Å². The molecule has 6 heteroatoms. The number of benzene rings is 2. The Morgan fingerprint density at radius 3 is 2.57 bits per heavy atom. The minimum Gasteiger partial charge on any atom is -0.316 e. The Hall–Kier alpha value is -1.14. The number of hydrogen-bond acceptors (Lipinski definition) is 3. The molecule has 1 atom stereocenters. The Morgan fingerprint density at radius 2 is 1.86 bits per heavy atom. The second-order valence-electron chi connectivity index (χ2n) is 5.11. The van der Waals surface area contributed by atoms with Gasteiger partial charge in [0.2, 0.25) is 10.0 Å². The highest BCUT2D eigenvalue weighted by molar-refractivity contribution is 7.89. The third-order valence-electron chi connectivity index (χ3n) is 3.93. The molecule has 1 saturated heterocycles. The molecule has 0 aliphatic carbocycles. The summed E-state index contributed by atoms with van der Waals surface area (Å²) in [5.74, 6) is 0. The van der Waals surface area contributed by atoms with E-state index in [0.29, 0.717) is 18.0 Å². The number of fused-ring (bicyclic) bond motifs is 1. The largest absolute Gasteiger partial charge is 0.316 e. The lowest BCUT2D eigenvalue weighted by molar-refractivity contribution is 0.465. The standard InChI is InChI=1S/C15H18N2O2S.ClH/c1-16-13-9-10-17(11-13)20(18,19)15-8-4-6-12-5-2-3-7-14(12)15;/h2-8,13,16H,9-11H2,1H3;1H. The number of halogens is 1. The number of hydrogen-bond donors (Lipinski definition) is 1. The van der Waals surface area contributed by atoms with Crippen LogP contribution in [0.25, 0.3) is 10.8 Å². The van der Waals surface area contributed by atoms with Gasteiger partial charge >= 0.3 is 0 Å². The van der Waals surface area contributed by atoms with Crippen molar-refractivity contribution in [3.8, 4) is 0 Å². The van der Waals surface area contributed by atoms with E-state index in [1.54, 1.807) is 16.4 Å². The molecule has 0 amide bonds. The molecule has 1 aliphatic heterocycles. The zero-order valence-electron chi connectivity index (χ0n) is 11.8. The van der Waals surface area contributed by atoms with Crippen molar-refractivity contribution in [3.05, 3.63) is 42.5 Å². The van der Waals surface area contributed by atoms with Crippen molar-refractivity contribution >= 4 is 33.2 Å². The van der Waals surface area contributed by atoms with Gasteiger partial charge in [-0.3, -0.25) is 0 Å². The van der Waals surface area contributed by atoms with E-state index < -0.39 is 10.0 Å². The summed E-state index contributed by atoms with van der Waals surface area (Å²) in [6, 6.07) is 13.3. The smallest absolute Gasteiger partial charge is 0.243 e. The first-order chi connectivity index (χ1) is 9.63. The Morgan fingerprint density at radius 1 is 1.14 bits per heavy atom. The molecule has 3 rings (SSSR count). The third-order valence-corrected chi connectivity index (χ3v) is 5.85. The summed E-state index contributed by atoms with van der Waals surface area (Å²) >= 11 is 0. The molecule has 2 aromatic rings. The lowest BCUT2D eigenvalue weighted by Gasteiger charge is -2.17. The molecule has 0 aromatic heterocycles. The van der Waals surface area contributed by atoms with E-state index in [9.17, 15) is 8.42 Å². The Bertz CT molecular complexity index is 728. The van der Waals surface area contributed by atoms with Gasteiger partial charge in [-0.1, -0.05) is 36.4 Å². The monoisotopic (exact) mass is 326 g/mol. The zero-order chi connectivity index (χ0) is 14.2. The molecule has 4 nitrogen and oxygen atoms in total. The molecule has 114 valence electrons. The summed E-state index contributed by atoms with van der Waals surface area (Å²) in [7, 11) is -1.54. The highest BCUT2D eigenvalue weighted by Crippen LogP contribution is 2.27. The fourth-order valence-electron chi connectivity index (χ4n) is 2.74. The van der Waals surface area contributed by atoms with E-state index >= 15 is 0 Å². The maximum atomic E-state index is 12.8. The first-order valence-corrected chi connectivity index (χ1v) is 8.22. The van der Waals surface area contributed by atoms with Gasteiger partial charge in [0, 0.05) is 24.5 Å². The first-order valence-electron chi connectivity index (χ1n) is 6.78. The fourth-order valence-corrected chi connectivity index (χ4v) is 4.46. The van der Waals surface area contributed by atoms with Gasteiger partial charge < -0.3 is 5.32 Å². The molecule has 0 saturated carbocycles. The summed E-state index contributed by atoms with van der Waals surface area (Å²) in [4.78, 5) is 0.410. The quantitative estimate of drug-likeness (QED) is 0.941. The molecule has 0 radical (unpaired) electrons. The van der Waals surface area contributed by atoms with Gasteiger partial charge in [-0.2, -0.15) is 4.31 Å². The fraction of sp³-hybridized carbons (Fsp3) is 0.333. The average molecular weight is 327 g/mol. The number of likely N-dealkylation sites (N-methyl/N-ethyl adjacent to an activating group) is 1. The van der Waals surface area contributed by atoms with Crippen molar-refractivity contribution in [2.75, 3.05) is 20.1 Å². The van der Waals surface area contributed by atoms with Crippen molar-refractivity contribution in [2.45, 2.75) is 17.4 Å². The summed E-state index contributed by atoms with van der Waals surface area (Å²) < 4.78 is 27.2. The Kier molecular flexibility index (Phi) is 4.88. The molecule has 0 bridgehead atoms. The molecular formula is C15H19ClN2O2S. The predicted octanol–water partition coefficient (Wildman–Crippen LogP) is 2.24. The van der Waals surface area contributed by atoms with Gasteiger partial charge in [0.05, 0.1) is 4.90 Å². The summed E-state index contributed by atoms with van der Waals surface area (Å²) in [5, 5.41) is 4.90. The van der Waals surface area contributed by atoms with Crippen LogP contribution in [-0.4, -0.2) is 38.9 Å². The van der Waals surface area contributed by atoms with Crippen molar-refractivity contribution in [1.29, 1.82) is 0 Å². The highest BCUT2D eigenvalue weighted by atomic mass is 35.5. The van der Waals surface area contributed by atoms with E-state index in [1.807, 2.05) is 37.4 Å². The molecule has 1 aliphatic rings. The summed E-state index contributed by atoms with van der Waals surface area (Å²) in [6.07, 6.45) is 0.862. The highest BCUT2D eigenvalue weighted by Gasteiger charge is 2.32. The van der Waals surface area contributed by atoms with Gasteiger partial charge in [-0.05, 0) is 24.9 Å². The zero-order valence-corrected chi connectivity index (χ0v) is 13.5. The normalized spacial score (nSPS) is 19.6. The molecular weight excluding hydrogens is 308 g/mol. The molecule has 1 N–H and O–H groups in total. The SMILES string of the molecule is CNC1CCN(S(=O)(=O)c2cccc3ccccc23)C1.Cl. The van der Waals surface area contributed by atoms with Crippen LogP contribution in [0.15, 0.2) is 47.4 Å². The van der Waals surface area contributed by atoms with E-state index in [0.717, 1.165) is 17.2 Å². The molecule has 21 heavy (non-hydrogen) atoms. The van der Waals surface area contributed by atoms with Crippen molar-refractivity contribution in [1.82, 2.24) is 9.62 Å². The van der Waals surface area contributed by atoms with Crippen molar-refractivity contribution in [2.24, 2.45) is 0 Å². The van der Waals surface area contributed by atoms with Crippen molar-refractivity contribution in [3.63, 3.8) is 0 Å². The minimum absolute atomic E-state index is 0. The van der Waals surface area contributed by atoms with E-state index in [1.165, 1.54) is 0 Å². The number of rotatable bonds is 3. The minimum atomic E-state index is -3.41. The lowest BCUT2D eigenvalue weighted by atomic mass is 10.1. The van der Waals surface area contributed by atoms with Crippen LogP contribution in [0.2, 0.25) is 0 Å². The van der Waals surface area contributed by atoms with E-state index in [2.05, 4.69) is 5.32 Å². The lowest BCUT2D eigenvalue weighted by Crippen LogP contribution is -2.33. The Balaban J connectivity index is 0.00000161. The van der Waals surface area contributed by atoms with Crippen LogP contribution in [0.5, 0.6) is 0 Å². The van der Waals surface area contributed by atoms with E-state index in [-0.39, 0.29) is 18.4 Å². The number of nitrogens with zero attached hydrogens (tertiary/aromatic N) is 1.